The smallest absolute Gasteiger partial charge is 0.352 e. The number of ether oxygens (including phenoxy) is 1. The molecule has 0 saturated carbocycles. The molecular weight excluding hydrogens is 530 g/mol. The minimum atomic E-state index is -1.42. The number of β-lactam (4-membered cyclic amide) rings is 1. The molecule has 0 radical (unpaired) electrons. The van der Waals surface area contributed by atoms with Crippen molar-refractivity contribution in [2.45, 2.75) is 24.8 Å². The van der Waals surface area contributed by atoms with Crippen LogP contribution in [0.5, 0.6) is 5.75 Å². The summed E-state index contributed by atoms with van der Waals surface area (Å²) in [5.41, 5.74) is -1.22. The van der Waals surface area contributed by atoms with E-state index in [1.165, 1.54) is 30.0 Å². The lowest BCUT2D eigenvalue weighted by Gasteiger charge is -2.49. The molecule has 2 atom stereocenters. The zero-order chi connectivity index (χ0) is 26.4. The Morgan fingerprint density at radius 3 is 2.78 bits per heavy atom. The Labute approximate surface area is 215 Å². The van der Waals surface area contributed by atoms with Crippen LogP contribution < -0.4 is 15.7 Å². The van der Waals surface area contributed by atoms with Crippen molar-refractivity contribution < 1.29 is 37.4 Å². The first-order valence-corrected chi connectivity index (χ1v) is 12.9. The molecule has 0 bridgehead atoms. The largest absolute Gasteiger partial charge is 0.483 e. The molecule has 2 aliphatic rings. The number of aryl methyl sites for hydroxylation is 1. The number of rotatable bonds is 7. The summed E-state index contributed by atoms with van der Waals surface area (Å²) in [5, 5.41) is 13.7. The van der Waals surface area contributed by atoms with Crippen LogP contribution in [0.4, 0.5) is 8.78 Å². The zero-order valence-corrected chi connectivity index (χ0v) is 20.7. The van der Waals surface area contributed by atoms with Gasteiger partial charge in [-0.3, -0.25) is 14.5 Å². The molecule has 1 saturated heterocycles. The van der Waals surface area contributed by atoms with E-state index in [2.05, 4.69) is 5.32 Å². The van der Waals surface area contributed by atoms with E-state index in [0.29, 0.717) is 5.56 Å². The number of amides is 2. The maximum atomic E-state index is 15.0. The lowest BCUT2D eigenvalue weighted by atomic mass is 10.0. The minimum absolute atomic E-state index is 0.0572. The number of nitrogens with one attached hydrogen (secondary N) is 1. The van der Waals surface area contributed by atoms with Crippen molar-refractivity contribution in [1.29, 1.82) is 0 Å². The zero-order valence-electron chi connectivity index (χ0n) is 19.1. The van der Waals surface area contributed by atoms with Gasteiger partial charge >= 0.3 is 11.6 Å². The summed E-state index contributed by atoms with van der Waals surface area (Å²) >= 11 is 2.60. The molecule has 2 N–H and O–H groups in total. The molecular formula is C24H18F2N2O7S2. The molecule has 2 aliphatic heterocycles. The number of aliphatic carboxylic acids is 1. The van der Waals surface area contributed by atoms with Gasteiger partial charge in [0.05, 0.1) is 6.42 Å². The predicted molar refractivity (Wildman–Crippen MR) is 130 cm³/mol. The molecule has 0 spiro atoms. The van der Waals surface area contributed by atoms with E-state index < -0.39 is 58.5 Å². The molecule has 13 heteroatoms. The van der Waals surface area contributed by atoms with Gasteiger partial charge in [0.1, 0.15) is 23.7 Å². The molecule has 0 aliphatic carbocycles. The predicted octanol–water partition coefficient (Wildman–Crippen LogP) is 2.80. The number of fused-ring (bicyclic) bond motifs is 2. The second kappa shape index (κ2) is 9.63. The van der Waals surface area contributed by atoms with Gasteiger partial charge in [-0.1, -0.05) is 6.07 Å². The monoisotopic (exact) mass is 548 g/mol. The van der Waals surface area contributed by atoms with Crippen molar-refractivity contribution in [3.63, 3.8) is 0 Å². The van der Waals surface area contributed by atoms with Gasteiger partial charge in [-0.25, -0.2) is 14.0 Å². The lowest BCUT2D eigenvalue weighted by molar-refractivity contribution is -0.150. The molecule has 2 amide bonds. The number of carbonyl (C=O) groups excluding carboxylic acids is 2. The summed E-state index contributed by atoms with van der Waals surface area (Å²) in [6, 6.07) is 4.77. The molecule has 5 rings (SSSR count). The minimum Gasteiger partial charge on any atom is -0.483 e. The standard InChI is InChI=1S/C24H18F2N2O7S2/c1-10-5-16(30)35-20-13(10)7-14(25)21(17(20)26)34-8-11-9-37-23-18(22(31)28(23)19(11)24(32)33)27-15(29)6-12-3-2-4-36-12/h2-5,7,18,23H,6,8-9H2,1H3,(H,27,29)(H,32,33). The average Bonchev–Trinajstić information content (AvgIpc) is 3.35. The van der Waals surface area contributed by atoms with Crippen LogP contribution >= 0.6 is 23.1 Å². The number of carbonyl (C=O) groups is 3. The highest BCUT2D eigenvalue weighted by molar-refractivity contribution is 8.00. The molecule has 1 aromatic carbocycles. The molecule has 3 aromatic rings. The van der Waals surface area contributed by atoms with Crippen LogP contribution in [-0.4, -0.2) is 51.6 Å². The summed E-state index contributed by atoms with van der Waals surface area (Å²) in [6.07, 6.45) is 0.0993. The van der Waals surface area contributed by atoms with E-state index in [1.807, 2.05) is 5.38 Å². The van der Waals surface area contributed by atoms with Gasteiger partial charge in [0.25, 0.3) is 5.91 Å². The number of benzene rings is 1. The van der Waals surface area contributed by atoms with Crippen molar-refractivity contribution in [2.75, 3.05) is 12.4 Å². The first kappa shape index (κ1) is 25.0. The number of thiophene rings is 1. The first-order valence-electron chi connectivity index (χ1n) is 10.9. The number of carboxylic acids is 1. The Morgan fingerprint density at radius 1 is 1.30 bits per heavy atom. The van der Waals surface area contributed by atoms with Crippen molar-refractivity contribution in [1.82, 2.24) is 10.2 Å². The summed E-state index contributed by atoms with van der Waals surface area (Å²) in [4.78, 5) is 50.7. The van der Waals surface area contributed by atoms with E-state index in [0.717, 1.165) is 21.9 Å². The summed E-state index contributed by atoms with van der Waals surface area (Å²) in [7, 11) is 0. The SMILES string of the molecule is Cc1cc(=O)oc2c(F)c(OCC3=C(C(=O)O)N4C(=O)C(NC(=O)Cc5cccs5)C4SC3)c(F)cc12. The highest BCUT2D eigenvalue weighted by atomic mass is 32.2. The van der Waals surface area contributed by atoms with Crippen LogP contribution in [0.15, 0.2) is 50.1 Å². The number of hydrogen-bond donors (Lipinski definition) is 2. The van der Waals surface area contributed by atoms with Crippen LogP contribution in [0.2, 0.25) is 0 Å². The number of halogens is 2. The van der Waals surface area contributed by atoms with Crippen LogP contribution in [0.25, 0.3) is 11.0 Å². The van der Waals surface area contributed by atoms with Crippen molar-refractivity contribution in [2.24, 2.45) is 0 Å². The molecule has 192 valence electrons. The van der Waals surface area contributed by atoms with Gasteiger partial charge < -0.3 is 19.6 Å². The first-order chi connectivity index (χ1) is 17.7. The van der Waals surface area contributed by atoms with Gasteiger partial charge in [-0.15, -0.1) is 23.1 Å². The fourth-order valence-electron chi connectivity index (χ4n) is 4.24. The Kier molecular flexibility index (Phi) is 6.50. The highest BCUT2D eigenvalue weighted by Gasteiger charge is 2.54. The second-order valence-electron chi connectivity index (χ2n) is 8.38. The summed E-state index contributed by atoms with van der Waals surface area (Å²) < 4.78 is 39.8. The Morgan fingerprint density at radius 2 is 2.08 bits per heavy atom. The Bertz CT molecular complexity index is 1530. The fourth-order valence-corrected chi connectivity index (χ4v) is 6.27. The fraction of sp³-hybridized carbons (Fsp3) is 0.250. The van der Waals surface area contributed by atoms with Gasteiger partial charge in [0, 0.05) is 27.7 Å². The lowest BCUT2D eigenvalue weighted by Crippen LogP contribution is -2.70. The highest BCUT2D eigenvalue weighted by Crippen LogP contribution is 2.41. The van der Waals surface area contributed by atoms with Crippen LogP contribution in [-0.2, 0) is 20.8 Å². The Balaban J connectivity index is 1.35. The number of carboxylic acid groups (broad SMARTS) is 1. The van der Waals surface area contributed by atoms with Crippen molar-refractivity contribution in [3.8, 4) is 5.75 Å². The maximum absolute atomic E-state index is 15.0. The third-order valence-corrected chi connectivity index (χ3v) is 8.18. The number of hydrogen-bond acceptors (Lipinski definition) is 8. The van der Waals surface area contributed by atoms with Crippen molar-refractivity contribution >= 4 is 51.9 Å². The third-order valence-electron chi connectivity index (χ3n) is 5.97. The normalized spacial score (nSPS) is 19.0. The van der Waals surface area contributed by atoms with Gasteiger partial charge in [0.2, 0.25) is 11.7 Å². The van der Waals surface area contributed by atoms with Crippen molar-refractivity contribution in [3.05, 3.63) is 73.4 Å². The molecule has 1 fully saturated rings. The van der Waals surface area contributed by atoms with Gasteiger partial charge in [-0.2, -0.15) is 4.39 Å². The number of thioether (sulfide) groups is 1. The summed E-state index contributed by atoms with van der Waals surface area (Å²) in [6.45, 7) is 0.968. The van der Waals surface area contributed by atoms with E-state index in [9.17, 15) is 33.1 Å². The Hall–Kier alpha value is -3.71. The third kappa shape index (κ3) is 4.48. The van der Waals surface area contributed by atoms with Crippen LogP contribution in [0.3, 0.4) is 0 Å². The second-order valence-corrected chi connectivity index (χ2v) is 10.5. The number of nitrogens with zero attached hydrogens (tertiary/aromatic N) is 1. The molecule has 4 heterocycles. The van der Waals surface area contributed by atoms with E-state index in [-0.39, 0.29) is 34.7 Å². The quantitative estimate of drug-likeness (QED) is 0.341. The average molecular weight is 549 g/mol. The summed E-state index contributed by atoms with van der Waals surface area (Å²) in [5.74, 6) is -5.43. The van der Waals surface area contributed by atoms with Crippen LogP contribution in [0.1, 0.15) is 10.4 Å². The molecule has 9 nitrogen and oxygen atoms in total. The molecule has 37 heavy (non-hydrogen) atoms. The maximum Gasteiger partial charge on any atom is 0.352 e. The van der Waals surface area contributed by atoms with E-state index in [1.54, 1.807) is 12.1 Å². The molecule has 2 aromatic heterocycles. The van der Waals surface area contributed by atoms with Gasteiger partial charge in [-0.05, 0) is 30.0 Å². The molecule has 2 unspecified atom stereocenters. The van der Waals surface area contributed by atoms with Gasteiger partial charge in [0.15, 0.2) is 17.1 Å². The van der Waals surface area contributed by atoms with Crippen LogP contribution in [0, 0.1) is 18.6 Å². The van der Waals surface area contributed by atoms with E-state index >= 15 is 0 Å². The topological polar surface area (TPSA) is 126 Å². The van der Waals surface area contributed by atoms with E-state index in [4.69, 9.17) is 9.15 Å².